The minimum atomic E-state index is -0.451. The third kappa shape index (κ3) is 10.3. The highest BCUT2D eigenvalue weighted by Gasteiger charge is 2.31. The summed E-state index contributed by atoms with van der Waals surface area (Å²) in [5.41, 5.74) is 3.21. The SMILES string of the molecule is COc1ccc(CNC(=O)c2cc(C(=O)N[C@H]3CCCC[C@@H]3OCc3ccccc3)n(CC(=O)N[C@H]3CCCC[C@@H]3OCc3ccccc3)n2)cc1. The molecule has 11 heteroatoms. The van der Waals surface area contributed by atoms with Gasteiger partial charge in [0.05, 0.1) is 44.6 Å². The number of rotatable bonds is 15. The van der Waals surface area contributed by atoms with Crippen molar-refractivity contribution in [2.75, 3.05) is 7.11 Å². The first-order valence-corrected chi connectivity index (χ1v) is 18.4. The van der Waals surface area contributed by atoms with Crippen LogP contribution in [0.25, 0.3) is 0 Å². The average Bonchev–Trinajstić information content (AvgIpc) is 3.61. The van der Waals surface area contributed by atoms with Crippen molar-refractivity contribution in [1.29, 1.82) is 0 Å². The third-order valence-electron chi connectivity index (χ3n) is 9.83. The fourth-order valence-electron chi connectivity index (χ4n) is 6.96. The Hall–Kier alpha value is -5.00. The highest BCUT2D eigenvalue weighted by Crippen LogP contribution is 2.24. The Morgan fingerprint density at radius 3 is 1.83 bits per heavy atom. The van der Waals surface area contributed by atoms with Crippen LogP contribution in [0.2, 0.25) is 0 Å². The Kier molecular flexibility index (Phi) is 13.1. The number of nitrogens with zero attached hydrogens (tertiary/aromatic N) is 2. The summed E-state index contributed by atoms with van der Waals surface area (Å²) in [5, 5.41) is 13.7. The summed E-state index contributed by atoms with van der Waals surface area (Å²) in [6.45, 7) is 0.945. The minimum absolute atomic E-state index is 0.0497. The molecule has 2 aliphatic rings. The lowest BCUT2D eigenvalue weighted by atomic mass is 9.92. The second-order valence-electron chi connectivity index (χ2n) is 13.6. The van der Waals surface area contributed by atoms with Crippen molar-refractivity contribution in [1.82, 2.24) is 25.7 Å². The predicted octanol–water partition coefficient (Wildman–Crippen LogP) is 5.72. The monoisotopic (exact) mass is 707 g/mol. The summed E-state index contributed by atoms with van der Waals surface area (Å²) < 4.78 is 19.1. The predicted molar refractivity (Wildman–Crippen MR) is 197 cm³/mol. The van der Waals surface area contributed by atoms with E-state index in [1.807, 2.05) is 84.9 Å². The van der Waals surface area contributed by atoms with Crippen LogP contribution in [0, 0.1) is 0 Å². The molecule has 0 saturated heterocycles. The second kappa shape index (κ2) is 18.5. The van der Waals surface area contributed by atoms with Crippen LogP contribution in [0.5, 0.6) is 5.75 Å². The fraction of sp³-hybridized carbons (Fsp3) is 0.415. The summed E-state index contributed by atoms with van der Waals surface area (Å²) in [4.78, 5) is 40.9. The fourth-order valence-corrected chi connectivity index (χ4v) is 6.96. The van der Waals surface area contributed by atoms with Gasteiger partial charge in [-0.2, -0.15) is 5.10 Å². The molecule has 2 aliphatic carbocycles. The molecule has 3 amide bonds. The smallest absolute Gasteiger partial charge is 0.272 e. The molecule has 0 radical (unpaired) electrons. The molecule has 4 atom stereocenters. The average molecular weight is 708 g/mol. The van der Waals surface area contributed by atoms with Gasteiger partial charge in [-0.3, -0.25) is 14.4 Å². The van der Waals surface area contributed by atoms with E-state index in [4.69, 9.17) is 14.2 Å². The van der Waals surface area contributed by atoms with Gasteiger partial charge in [-0.25, -0.2) is 4.68 Å². The van der Waals surface area contributed by atoms with Crippen LogP contribution in [0.15, 0.2) is 91.0 Å². The number of hydrogen-bond donors (Lipinski definition) is 3. The number of benzene rings is 3. The van der Waals surface area contributed by atoms with Gasteiger partial charge in [0.25, 0.3) is 11.8 Å². The summed E-state index contributed by atoms with van der Waals surface area (Å²) in [6, 6.07) is 28.4. The highest BCUT2D eigenvalue weighted by atomic mass is 16.5. The van der Waals surface area contributed by atoms with Crippen LogP contribution in [-0.4, -0.2) is 58.9 Å². The number of hydrogen-bond acceptors (Lipinski definition) is 7. The van der Waals surface area contributed by atoms with Crippen LogP contribution in [0.1, 0.15) is 89.0 Å². The van der Waals surface area contributed by atoms with Crippen molar-refractivity contribution in [2.45, 2.75) is 102 Å². The van der Waals surface area contributed by atoms with Gasteiger partial charge in [-0.1, -0.05) is 98.5 Å². The molecule has 52 heavy (non-hydrogen) atoms. The first-order valence-electron chi connectivity index (χ1n) is 18.4. The zero-order valence-corrected chi connectivity index (χ0v) is 29.8. The Balaban J connectivity index is 1.15. The summed E-state index contributed by atoms with van der Waals surface area (Å²) >= 11 is 0. The molecule has 2 saturated carbocycles. The largest absolute Gasteiger partial charge is 0.497 e. The quantitative estimate of drug-likeness (QED) is 0.144. The van der Waals surface area contributed by atoms with E-state index in [9.17, 15) is 14.4 Å². The van der Waals surface area contributed by atoms with Crippen LogP contribution in [-0.2, 0) is 40.6 Å². The molecule has 2 fully saturated rings. The third-order valence-corrected chi connectivity index (χ3v) is 9.83. The van der Waals surface area contributed by atoms with Crippen molar-refractivity contribution >= 4 is 17.7 Å². The molecular formula is C41H49N5O6. The zero-order valence-electron chi connectivity index (χ0n) is 29.8. The van der Waals surface area contributed by atoms with Crippen LogP contribution in [0.4, 0.5) is 0 Å². The molecule has 4 aromatic rings. The normalized spacial score (nSPS) is 20.1. The molecular weight excluding hydrogens is 658 g/mol. The van der Waals surface area contributed by atoms with Crippen LogP contribution < -0.4 is 20.7 Å². The Morgan fingerprint density at radius 1 is 0.692 bits per heavy atom. The molecule has 0 bridgehead atoms. The topological polar surface area (TPSA) is 133 Å². The maximum absolute atomic E-state index is 13.9. The van der Waals surface area contributed by atoms with E-state index in [-0.39, 0.29) is 54.7 Å². The number of carbonyl (C=O) groups excluding carboxylic acids is 3. The summed E-state index contributed by atoms with van der Waals surface area (Å²) in [6.07, 6.45) is 6.93. The first kappa shape index (κ1) is 36.8. The number of nitrogens with one attached hydrogen (secondary N) is 3. The maximum atomic E-state index is 13.9. The van der Waals surface area contributed by atoms with Crippen LogP contribution in [0.3, 0.4) is 0 Å². The number of aromatic nitrogens is 2. The first-order chi connectivity index (χ1) is 25.4. The lowest BCUT2D eigenvalue weighted by Crippen LogP contribution is -2.48. The Labute approximate surface area is 305 Å². The zero-order chi connectivity index (χ0) is 36.1. The molecule has 3 aromatic carbocycles. The second-order valence-corrected chi connectivity index (χ2v) is 13.6. The van der Waals surface area contributed by atoms with Gasteiger partial charge in [-0.15, -0.1) is 0 Å². The van der Waals surface area contributed by atoms with Gasteiger partial charge in [0.1, 0.15) is 18.0 Å². The number of ether oxygens (including phenoxy) is 3. The van der Waals surface area contributed by atoms with E-state index in [0.717, 1.165) is 73.8 Å². The van der Waals surface area contributed by atoms with Crippen molar-refractivity contribution in [3.8, 4) is 5.75 Å². The molecule has 0 spiro atoms. The van der Waals surface area contributed by atoms with Gasteiger partial charge in [0.2, 0.25) is 5.91 Å². The molecule has 0 aliphatic heterocycles. The molecule has 3 N–H and O–H groups in total. The summed E-state index contributed by atoms with van der Waals surface area (Å²) in [7, 11) is 1.60. The minimum Gasteiger partial charge on any atom is -0.497 e. The molecule has 11 nitrogen and oxygen atoms in total. The van der Waals surface area contributed by atoms with Crippen molar-refractivity contribution in [3.63, 3.8) is 0 Å². The number of methoxy groups -OCH3 is 1. The molecule has 274 valence electrons. The van der Waals surface area contributed by atoms with E-state index >= 15 is 0 Å². The van der Waals surface area contributed by atoms with Crippen LogP contribution >= 0.6 is 0 Å². The van der Waals surface area contributed by atoms with Gasteiger partial charge in [0, 0.05) is 12.6 Å². The van der Waals surface area contributed by atoms with E-state index in [0.29, 0.717) is 13.2 Å². The van der Waals surface area contributed by atoms with Crippen molar-refractivity contribution < 1.29 is 28.6 Å². The molecule has 0 unspecified atom stereocenters. The highest BCUT2D eigenvalue weighted by molar-refractivity contribution is 5.98. The van der Waals surface area contributed by atoms with Gasteiger partial charge >= 0.3 is 0 Å². The number of carbonyl (C=O) groups is 3. The molecule has 1 heterocycles. The maximum Gasteiger partial charge on any atom is 0.272 e. The lowest BCUT2D eigenvalue weighted by Gasteiger charge is -2.32. The van der Waals surface area contributed by atoms with E-state index in [1.165, 1.54) is 10.7 Å². The van der Waals surface area contributed by atoms with Gasteiger partial charge in [-0.05, 0) is 54.5 Å². The molecule has 1 aromatic heterocycles. The van der Waals surface area contributed by atoms with Gasteiger partial charge < -0.3 is 30.2 Å². The Morgan fingerprint density at radius 2 is 1.25 bits per heavy atom. The van der Waals surface area contributed by atoms with E-state index < -0.39 is 11.8 Å². The van der Waals surface area contributed by atoms with Crippen molar-refractivity contribution in [2.24, 2.45) is 0 Å². The Bertz CT molecular complexity index is 1750. The van der Waals surface area contributed by atoms with Crippen molar-refractivity contribution in [3.05, 3.63) is 119 Å². The van der Waals surface area contributed by atoms with E-state index in [1.54, 1.807) is 7.11 Å². The van der Waals surface area contributed by atoms with E-state index in [2.05, 4.69) is 21.0 Å². The summed E-state index contributed by atoms with van der Waals surface area (Å²) in [5.74, 6) is -0.441. The van der Waals surface area contributed by atoms with Gasteiger partial charge in [0.15, 0.2) is 5.69 Å². The molecule has 6 rings (SSSR count). The standard InChI is InChI=1S/C41H49N5O6/c1-50-32-22-20-29(21-23-32)25-42-40(48)35-24-36(41(49)44-34-17-9-11-19-38(34)52-28-31-14-6-3-7-15-31)46(45-35)26-39(47)43-33-16-8-10-18-37(33)51-27-30-12-4-2-5-13-30/h2-7,12-15,20-24,33-34,37-38H,8-11,16-19,25-28H2,1H3,(H,42,48)(H,43,47)(H,44,49)/t33-,34-,37-,38-/m0/s1. The lowest BCUT2D eigenvalue weighted by molar-refractivity contribution is -0.124. The number of amides is 3.